The van der Waals surface area contributed by atoms with Crippen LogP contribution in [0.4, 0.5) is 0 Å². The zero-order chi connectivity index (χ0) is 21.6. The molecule has 0 aliphatic heterocycles. The van der Waals surface area contributed by atoms with Gasteiger partial charge in [0.05, 0.1) is 11.1 Å². The predicted octanol–water partition coefficient (Wildman–Crippen LogP) is 1.53. The summed E-state index contributed by atoms with van der Waals surface area (Å²) in [5.41, 5.74) is 0.249. The summed E-state index contributed by atoms with van der Waals surface area (Å²) in [6.07, 6.45) is 12.0. The van der Waals surface area contributed by atoms with E-state index < -0.39 is 35.7 Å². The molecule has 0 spiro atoms. The van der Waals surface area contributed by atoms with E-state index in [1.807, 2.05) is 19.1 Å². The fourth-order valence-electron chi connectivity index (χ4n) is 2.61. The molecular formula is C21H20N2O6. The molecule has 0 radical (unpaired) electrons. The van der Waals surface area contributed by atoms with E-state index in [0.717, 1.165) is 17.7 Å². The number of allylic oxidation sites excluding steroid dienone is 7. The second-order valence-corrected chi connectivity index (χ2v) is 6.23. The van der Waals surface area contributed by atoms with Gasteiger partial charge >= 0.3 is 11.9 Å². The molecule has 2 aliphatic carbocycles. The molecule has 0 fully saturated rings. The van der Waals surface area contributed by atoms with E-state index in [0.29, 0.717) is 5.70 Å². The van der Waals surface area contributed by atoms with Gasteiger partial charge in [-0.3, -0.25) is 9.59 Å². The summed E-state index contributed by atoms with van der Waals surface area (Å²) in [5, 5.41) is 23.8. The highest BCUT2D eigenvalue weighted by atomic mass is 16.4. The number of carbonyl (C=O) groups is 4. The van der Waals surface area contributed by atoms with Crippen LogP contribution >= 0.6 is 0 Å². The number of carboxylic acid groups (broad SMARTS) is 2. The lowest BCUT2D eigenvalue weighted by atomic mass is 10.0. The van der Waals surface area contributed by atoms with E-state index in [1.54, 1.807) is 24.3 Å². The van der Waals surface area contributed by atoms with Crippen LogP contribution in [0.15, 0.2) is 82.2 Å². The van der Waals surface area contributed by atoms with Crippen LogP contribution in [0.25, 0.3) is 0 Å². The lowest BCUT2D eigenvalue weighted by molar-refractivity contribution is -0.133. The standard InChI is InChI=1S/C21H20N2O6/c1-12-5-3-7-15(8-4-6-12)23-19(25)16-10-13(18(24)22-2)9-14(20(26)27)11-17(16)21(28)29/h3-10H,11H2,1-2H3,(H,22,24)(H,23,25)(H,26,27)(H,28,29). The van der Waals surface area contributed by atoms with Gasteiger partial charge in [-0.1, -0.05) is 29.9 Å². The van der Waals surface area contributed by atoms with Crippen molar-refractivity contribution in [3.63, 3.8) is 0 Å². The van der Waals surface area contributed by atoms with Crippen molar-refractivity contribution in [1.82, 2.24) is 10.6 Å². The van der Waals surface area contributed by atoms with Gasteiger partial charge in [-0.15, -0.1) is 0 Å². The van der Waals surface area contributed by atoms with E-state index in [9.17, 15) is 29.4 Å². The Hall–Kier alpha value is -3.94. The van der Waals surface area contributed by atoms with Gasteiger partial charge in [0, 0.05) is 30.3 Å². The van der Waals surface area contributed by atoms with Crippen LogP contribution < -0.4 is 10.6 Å². The maximum Gasteiger partial charge on any atom is 0.332 e. The van der Waals surface area contributed by atoms with Gasteiger partial charge in [0.1, 0.15) is 0 Å². The van der Waals surface area contributed by atoms with E-state index in [-0.39, 0.29) is 16.7 Å². The number of carbonyl (C=O) groups excluding carboxylic acids is 2. The number of likely N-dealkylation sites (N-methyl/N-ethyl adjacent to an activating group) is 1. The van der Waals surface area contributed by atoms with Crippen molar-refractivity contribution in [3.05, 3.63) is 82.2 Å². The van der Waals surface area contributed by atoms with Crippen molar-refractivity contribution in [3.8, 4) is 0 Å². The molecule has 0 aromatic carbocycles. The van der Waals surface area contributed by atoms with Gasteiger partial charge in [0.2, 0.25) is 0 Å². The zero-order valence-electron chi connectivity index (χ0n) is 15.9. The Morgan fingerprint density at radius 3 is 2.24 bits per heavy atom. The monoisotopic (exact) mass is 396 g/mol. The minimum absolute atomic E-state index is 0.132. The SMILES string of the molecule is CNC(=O)C1=CC(C(=O)NC2=CC=CC(C)=CC=C2)=C(C(=O)O)CC(C(=O)O)=C1. The Labute approximate surface area is 167 Å². The minimum atomic E-state index is -1.45. The van der Waals surface area contributed by atoms with Crippen molar-refractivity contribution >= 4 is 23.8 Å². The smallest absolute Gasteiger partial charge is 0.332 e. The van der Waals surface area contributed by atoms with Gasteiger partial charge in [-0.05, 0) is 31.2 Å². The molecule has 4 N–H and O–H groups in total. The Morgan fingerprint density at radius 1 is 0.931 bits per heavy atom. The molecule has 0 saturated heterocycles. The highest BCUT2D eigenvalue weighted by Gasteiger charge is 2.27. The Balaban J connectivity index is 2.49. The van der Waals surface area contributed by atoms with Crippen molar-refractivity contribution in [2.75, 3.05) is 7.05 Å². The third-order valence-electron chi connectivity index (χ3n) is 4.12. The van der Waals surface area contributed by atoms with Crippen LogP contribution in [0.5, 0.6) is 0 Å². The molecule has 2 amide bonds. The Bertz CT molecular complexity index is 987. The first-order valence-electron chi connectivity index (χ1n) is 8.61. The summed E-state index contributed by atoms with van der Waals surface area (Å²) in [7, 11) is 1.34. The van der Waals surface area contributed by atoms with E-state index in [4.69, 9.17) is 0 Å². The molecule has 150 valence electrons. The lowest BCUT2D eigenvalue weighted by Crippen LogP contribution is -2.26. The molecule has 8 nitrogen and oxygen atoms in total. The number of hydrogen-bond donors (Lipinski definition) is 4. The van der Waals surface area contributed by atoms with Gasteiger partial charge in [-0.2, -0.15) is 0 Å². The Morgan fingerprint density at radius 2 is 1.62 bits per heavy atom. The third kappa shape index (κ3) is 5.52. The molecule has 0 aromatic heterocycles. The highest BCUT2D eigenvalue weighted by Crippen LogP contribution is 2.24. The largest absolute Gasteiger partial charge is 0.478 e. The number of carboxylic acids is 2. The summed E-state index contributed by atoms with van der Waals surface area (Å²) in [6, 6.07) is 0. The third-order valence-corrected chi connectivity index (χ3v) is 4.12. The lowest BCUT2D eigenvalue weighted by Gasteiger charge is -2.10. The summed E-state index contributed by atoms with van der Waals surface area (Å²) in [5.74, 6) is -4.24. The normalized spacial score (nSPS) is 16.3. The van der Waals surface area contributed by atoms with Crippen molar-refractivity contribution in [2.24, 2.45) is 0 Å². The number of nitrogens with one attached hydrogen (secondary N) is 2. The summed E-state index contributed by atoms with van der Waals surface area (Å²) in [4.78, 5) is 48.1. The average molecular weight is 396 g/mol. The fraction of sp³-hybridized carbons (Fsp3) is 0.143. The number of rotatable bonds is 5. The molecule has 29 heavy (non-hydrogen) atoms. The molecule has 0 unspecified atom stereocenters. The predicted molar refractivity (Wildman–Crippen MR) is 105 cm³/mol. The molecule has 0 atom stereocenters. The zero-order valence-corrected chi connectivity index (χ0v) is 15.9. The number of hydrogen-bond acceptors (Lipinski definition) is 4. The van der Waals surface area contributed by atoms with Crippen molar-refractivity contribution in [2.45, 2.75) is 13.3 Å². The minimum Gasteiger partial charge on any atom is -0.478 e. The number of amides is 2. The molecule has 0 bridgehead atoms. The molecule has 0 heterocycles. The number of aliphatic carboxylic acids is 2. The van der Waals surface area contributed by atoms with Gasteiger partial charge in [0.25, 0.3) is 11.8 Å². The molecule has 2 rings (SSSR count). The van der Waals surface area contributed by atoms with E-state index >= 15 is 0 Å². The maximum atomic E-state index is 12.8. The molecule has 8 heteroatoms. The average Bonchev–Trinajstić information content (AvgIpc) is 2.86. The van der Waals surface area contributed by atoms with Crippen LogP contribution in [-0.2, 0) is 19.2 Å². The Kier molecular flexibility index (Phi) is 6.86. The molecule has 0 saturated carbocycles. The quantitative estimate of drug-likeness (QED) is 0.557. The summed E-state index contributed by atoms with van der Waals surface area (Å²) in [6.45, 7) is 1.91. The topological polar surface area (TPSA) is 133 Å². The van der Waals surface area contributed by atoms with E-state index in [2.05, 4.69) is 10.6 Å². The molecule has 2 aliphatic rings. The van der Waals surface area contributed by atoms with Crippen molar-refractivity contribution in [1.29, 1.82) is 0 Å². The second kappa shape index (κ2) is 9.32. The van der Waals surface area contributed by atoms with Crippen LogP contribution in [0.3, 0.4) is 0 Å². The molecule has 0 aromatic rings. The summed E-state index contributed by atoms with van der Waals surface area (Å²) < 4.78 is 0. The highest BCUT2D eigenvalue weighted by molar-refractivity contribution is 6.10. The van der Waals surface area contributed by atoms with Crippen LogP contribution in [0.1, 0.15) is 13.3 Å². The second-order valence-electron chi connectivity index (χ2n) is 6.23. The first-order valence-corrected chi connectivity index (χ1v) is 8.61. The van der Waals surface area contributed by atoms with Gasteiger partial charge in [0.15, 0.2) is 0 Å². The maximum absolute atomic E-state index is 12.8. The molecular weight excluding hydrogens is 376 g/mol. The fourth-order valence-corrected chi connectivity index (χ4v) is 2.61. The first kappa shape index (κ1) is 21.4. The van der Waals surface area contributed by atoms with E-state index in [1.165, 1.54) is 7.05 Å². The summed E-state index contributed by atoms with van der Waals surface area (Å²) >= 11 is 0. The van der Waals surface area contributed by atoms with Gasteiger partial charge in [-0.25, -0.2) is 9.59 Å². The van der Waals surface area contributed by atoms with Crippen LogP contribution in [0.2, 0.25) is 0 Å². The van der Waals surface area contributed by atoms with Gasteiger partial charge < -0.3 is 20.8 Å². The van der Waals surface area contributed by atoms with Crippen LogP contribution in [-0.4, -0.2) is 41.0 Å². The van der Waals surface area contributed by atoms with Crippen LogP contribution in [0, 0.1) is 0 Å². The first-order chi connectivity index (χ1) is 13.7. The van der Waals surface area contributed by atoms with Crippen molar-refractivity contribution < 1.29 is 29.4 Å².